The number of nitrogens with zero attached hydrogens (tertiary/aromatic N) is 2. The van der Waals surface area contributed by atoms with Crippen molar-refractivity contribution in [2.45, 2.75) is 23.8 Å². The molecule has 1 atom stereocenters. The number of benzene rings is 1. The summed E-state index contributed by atoms with van der Waals surface area (Å²) in [6, 6.07) is 6.94. The van der Waals surface area contributed by atoms with Gasteiger partial charge in [0.05, 0.1) is 4.90 Å². The molecular weight excluding hydrogens is 328 g/mol. The Bertz CT molecular complexity index is 528. The van der Waals surface area contributed by atoms with E-state index in [0.717, 1.165) is 23.9 Å². The molecule has 1 aromatic carbocycles. The highest BCUT2D eigenvalue weighted by atomic mass is 79.9. The van der Waals surface area contributed by atoms with Crippen LogP contribution in [0.4, 0.5) is 0 Å². The molecule has 19 heavy (non-hydrogen) atoms. The van der Waals surface area contributed by atoms with E-state index in [1.807, 2.05) is 19.0 Å². The maximum Gasteiger partial charge on any atom is 0.243 e. The van der Waals surface area contributed by atoms with Crippen molar-refractivity contribution in [3.8, 4) is 0 Å². The monoisotopic (exact) mass is 346 g/mol. The predicted molar refractivity (Wildman–Crippen MR) is 79.6 cm³/mol. The second kappa shape index (κ2) is 5.91. The zero-order valence-electron chi connectivity index (χ0n) is 11.2. The van der Waals surface area contributed by atoms with Crippen molar-refractivity contribution in [1.29, 1.82) is 0 Å². The van der Waals surface area contributed by atoms with Crippen LogP contribution in [0.2, 0.25) is 0 Å². The Morgan fingerprint density at radius 3 is 2.53 bits per heavy atom. The molecule has 1 saturated heterocycles. The average molecular weight is 347 g/mol. The summed E-state index contributed by atoms with van der Waals surface area (Å²) in [6.07, 6.45) is 1.88. The molecule has 1 heterocycles. The Morgan fingerprint density at radius 1 is 1.32 bits per heavy atom. The van der Waals surface area contributed by atoms with E-state index in [1.54, 1.807) is 28.6 Å². The largest absolute Gasteiger partial charge is 0.308 e. The van der Waals surface area contributed by atoms with Gasteiger partial charge >= 0.3 is 0 Å². The molecule has 2 rings (SSSR count). The number of rotatable bonds is 4. The van der Waals surface area contributed by atoms with Crippen LogP contribution in [-0.2, 0) is 10.0 Å². The highest BCUT2D eigenvalue weighted by Gasteiger charge is 2.35. The predicted octanol–water partition coefficient (Wildman–Crippen LogP) is 2.16. The van der Waals surface area contributed by atoms with Gasteiger partial charge in [-0.05, 0) is 51.2 Å². The van der Waals surface area contributed by atoms with Crippen LogP contribution in [0.15, 0.2) is 33.6 Å². The highest BCUT2D eigenvalue weighted by molar-refractivity contribution is 9.10. The zero-order valence-corrected chi connectivity index (χ0v) is 13.6. The van der Waals surface area contributed by atoms with Gasteiger partial charge in [-0.15, -0.1) is 0 Å². The summed E-state index contributed by atoms with van der Waals surface area (Å²) in [7, 11) is 0.585. The Labute approximate surface area is 123 Å². The highest BCUT2D eigenvalue weighted by Crippen LogP contribution is 2.27. The van der Waals surface area contributed by atoms with E-state index < -0.39 is 10.0 Å². The Hall–Kier alpha value is -0.430. The normalized spacial score (nSPS) is 21.2. The van der Waals surface area contributed by atoms with Crippen molar-refractivity contribution in [1.82, 2.24) is 9.21 Å². The Morgan fingerprint density at radius 2 is 1.95 bits per heavy atom. The Balaban J connectivity index is 2.25. The lowest BCUT2D eigenvalue weighted by molar-refractivity contribution is 0.291. The molecule has 0 bridgehead atoms. The van der Waals surface area contributed by atoms with Crippen molar-refractivity contribution in [2.75, 3.05) is 27.2 Å². The van der Waals surface area contributed by atoms with Gasteiger partial charge in [-0.1, -0.05) is 15.9 Å². The maximum absolute atomic E-state index is 12.6. The summed E-state index contributed by atoms with van der Waals surface area (Å²) >= 11 is 3.33. The summed E-state index contributed by atoms with van der Waals surface area (Å²) in [5, 5.41) is 0. The molecule has 1 unspecified atom stereocenters. The number of halogens is 1. The topological polar surface area (TPSA) is 40.6 Å². The molecule has 4 nitrogen and oxygen atoms in total. The fourth-order valence-corrected chi connectivity index (χ4v) is 4.42. The van der Waals surface area contributed by atoms with Gasteiger partial charge < -0.3 is 4.90 Å². The van der Waals surface area contributed by atoms with Crippen LogP contribution in [-0.4, -0.2) is 50.8 Å². The summed E-state index contributed by atoms with van der Waals surface area (Å²) in [4.78, 5) is 2.42. The van der Waals surface area contributed by atoms with Gasteiger partial charge in [-0.3, -0.25) is 0 Å². The lowest BCUT2D eigenvalue weighted by Crippen LogP contribution is -2.41. The van der Waals surface area contributed by atoms with Gasteiger partial charge in [-0.25, -0.2) is 8.42 Å². The molecule has 1 aromatic rings. The van der Waals surface area contributed by atoms with Gasteiger partial charge in [0, 0.05) is 23.6 Å². The van der Waals surface area contributed by atoms with Crippen molar-refractivity contribution < 1.29 is 8.42 Å². The fourth-order valence-electron chi connectivity index (χ4n) is 2.47. The van der Waals surface area contributed by atoms with Crippen LogP contribution in [0.1, 0.15) is 12.8 Å². The molecule has 0 aliphatic carbocycles. The summed E-state index contributed by atoms with van der Waals surface area (Å²) in [6.45, 7) is 1.40. The molecule has 106 valence electrons. The zero-order chi connectivity index (χ0) is 14.0. The van der Waals surface area contributed by atoms with E-state index >= 15 is 0 Å². The fraction of sp³-hybridized carbons (Fsp3) is 0.538. The third kappa shape index (κ3) is 3.37. The van der Waals surface area contributed by atoms with E-state index in [9.17, 15) is 8.42 Å². The van der Waals surface area contributed by atoms with Crippen molar-refractivity contribution in [3.05, 3.63) is 28.7 Å². The van der Waals surface area contributed by atoms with Crippen LogP contribution in [0.25, 0.3) is 0 Å². The minimum absolute atomic E-state index is 0.0867. The van der Waals surface area contributed by atoms with Gasteiger partial charge in [0.15, 0.2) is 0 Å². The number of sulfonamides is 1. The number of likely N-dealkylation sites (N-methyl/N-ethyl adjacent to an activating group) is 1. The molecule has 0 radical (unpaired) electrons. The number of hydrogen-bond donors (Lipinski definition) is 0. The summed E-state index contributed by atoms with van der Waals surface area (Å²) < 4.78 is 27.8. The van der Waals surface area contributed by atoms with E-state index in [1.165, 1.54) is 0 Å². The molecule has 1 aliphatic heterocycles. The molecule has 1 aliphatic rings. The van der Waals surface area contributed by atoms with Gasteiger partial charge in [0.1, 0.15) is 0 Å². The molecule has 6 heteroatoms. The smallest absolute Gasteiger partial charge is 0.243 e. The average Bonchev–Trinajstić information content (AvgIpc) is 2.77. The summed E-state index contributed by atoms with van der Waals surface area (Å²) in [5.74, 6) is 0. The molecule has 0 saturated carbocycles. The minimum atomic E-state index is -3.36. The summed E-state index contributed by atoms with van der Waals surface area (Å²) in [5.41, 5.74) is 0. The minimum Gasteiger partial charge on any atom is -0.308 e. The first-order valence-electron chi connectivity index (χ1n) is 6.33. The van der Waals surface area contributed by atoms with Crippen LogP contribution in [0.5, 0.6) is 0 Å². The molecule has 1 fully saturated rings. The lowest BCUT2D eigenvalue weighted by atomic mass is 10.2. The lowest BCUT2D eigenvalue weighted by Gasteiger charge is -2.26. The van der Waals surface area contributed by atoms with Crippen molar-refractivity contribution >= 4 is 26.0 Å². The Kier molecular flexibility index (Phi) is 4.66. The molecule has 0 amide bonds. The van der Waals surface area contributed by atoms with Crippen LogP contribution in [0.3, 0.4) is 0 Å². The molecule has 0 N–H and O–H groups in total. The van der Waals surface area contributed by atoms with Crippen LogP contribution >= 0.6 is 15.9 Å². The van der Waals surface area contributed by atoms with Crippen molar-refractivity contribution in [3.63, 3.8) is 0 Å². The van der Waals surface area contributed by atoms with Gasteiger partial charge in [0.2, 0.25) is 10.0 Å². The third-order valence-electron chi connectivity index (χ3n) is 3.32. The van der Waals surface area contributed by atoms with E-state index in [4.69, 9.17) is 0 Å². The van der Waals surface area contributed by atoms with Gasteiger partial charge in [0.25, 0.3) is 0 Å². The molecule has 0 spiro atoms. The second-order valence-electron chi connectivity index (χ2n) is 5.13. The first-order valence-corrected chi connectivity index (χ1v) is 8.57. The van der Waals surface area contributed by atoms with Crippen LogP contribution in [0, 0.1) is 0 Å². The number of hydrogen-bond acceptors (Lipinski definition) is 3. The van der Waals surface area contributed by atoms with Crippen LogP contribution < -0.4 is 0 Å². The first kappa shape index (κ1) is 15.0. The van der Waals surface area contributed by atoms with Gasteiger partial charge in [-0.2, -0.15) is 4.31 Å². The van der Waals surface area contributed by atoms with E-state index in [2.05, 4.69) is 15.9 Å². The quantitative estimate of drug-likeness (QED) is 0.838. The van der Waals surface area contributed by atoms with E-state index in [0.29, 0.717) is 11.4 Å². The maximum atomic E-state index is 12.6. The van der Waals surface area contributed by atoms with E-state index in [-0.39, 0.29) is 6.04 Å². The molecule has 0 aromatic heterocycles. The SMILES string of the molecule is CN(C)CC1CCCN1S(=O)(=O)c1ccc(Br)cc1. The molecular formula is C13H19BrN2O2S. The van der Waals surface area contributed by atoms with Crippen molar-refractivity contribution in [2.24, 2.45) is 0 Å². The standard InChI is InChI=1S/C13H19BrN2O2S/c1-15(2)10-12-4-3-9-16(12)19(17,18)13-7-5-11(14)6-8-13/h5-8,12H,3-4,9-10H2,1-2H3. The third-order valence-corrected chi connectivity index (χ3v) is 5.81. The second-order valence-corrected chi connectivity index (χ2v) is 7.93. The first-order chi connectivity index (χ1) is 8.91.